The number of hydrogen-bond acceptors (Lipinski definition) is 4. The van der Waals surface area contributed by atoms with Gasteiger partial charge in [-0.3, -0.25) is 0 Å². The van der Waals surface area contributed by atoms with Gasteiger partial charge in [0.2, 0.25) is 0 Å². The number of aryl methyl sites for hydroxylation is 2. The Bertz CT molecular complexity index is 1220. The lowest BCUT2D eigenvalue weighted by Crippen LogP contribution is -2.54. The number of nitrogens with zero attached hydrogens (tertiary/aromatic N) is 2. The third-order valence-electron chi connectivity index (χ3n) is 7.57. The quantitative estimate of drug-likeness (QED) is 0.425. The number of urea groups is 1. The van der Waals surface area contributed by atoms with Gasteiger partial charge in [-0.05, 0) is 92.0 Å². The van der Waals surface area contributed by atoms with Crippen molar-refractivity contribution in [2.45, 2.75) is 88.2 Å². The molecule has 1 unspecified atom stereocenters. The zero-order valence-corrected chi connectivity index (χ0v) is 24.8. The first kappa shape index (κ1) is 26.5. The summed E-state index contributed by atoms with van der Waals surface area (Å²) in [7, 11) is -1.36. The molecule has 2 aliphatic rings. The maximum atomic E-state index is 14.5. The topological polar surface area (TPSA) is 73.8 Å². The van der Waals surface area contributed by atoms with Crippen molar-refractivity contribution in [3.63, 3.8) is 0 Å². The van der Waals surface area contributed by atoms with Gasteiger partial charge in [-0.15, -0.1) is 15.7 Å². The van der Waals surface area contributed by atoms with E-state index < -0.39 is 24.2 Å². The standard InChI is InChI=1S/C26H40N4O2S2Si/c1-26(2,3)35(6,7)29-34(32,23-15-14-20(33-23)17-30(4)5)28-25(31)27-24-21-12-8-10-18(21)16-19-11-9-13-22(19)24/h14-16H,8-13,17H2,1-7H3,(H2,27,28,29,31,32). The van der Waals surface area contributed by atoms with E-state index in [4.69, 9.17) is 0 Å². The minimum Gasteiger partial charge on any atom is -0.305 e. The second kappa shape index (κ2) is 9.74. The van der Waals surface area contributed by atoms with Gasteiger partial charge in [0.15, 0.2) is 0 Å². The fourth-order valence-electron chi connectivity index (χ4n) is 4.73. The number of nitrogens with one attached hydrogen (secondary N) is 2. The van der Waals surface area contributed by atoms with Crippen molar-refractivity contribution < 1.29 is 9.00 Å². The number of rotatable bonds is 6. The third-order valence-corrected chi connectivity index (χ3v) is 17.4. The molecule has 0 bridgehead atoms. The molecular formula is C26H40N4O2S2Si. The number of anilines is 1. The SMILES string of the molecule is CN(C)Cc1ccc(S(=O)(=NC(=O)Nc2c3c(cc4c2CCC4)CCC3)N[Si](C)(C)C(C)(C)C)s1. The summed E-state index contributed by atoms with van der Waals surface area (Å²) in [5, 5.41) is 3.06. The molecule has 4 rings (SSSR count). The van der Waals surface area contributed by atoms with E-state index in [1.165, 1.54) is 33.6 Å². The van der Waals surface area contributed by atoms with E-state index in [2.05, 4.69) is 58.9 Å². The van der Waals surface area contributed by atoms with Crippen LogP contribution in [0.3, 0.4) is 0 Å². The molecule has 0 saturated heterocycles. The summed E-state index contributed by atoms with van der Waals surface area (Å²) in [6.07, 6.45) is 6.33. The molecule has 6 nitrogen and oxygen atoms in total. The van der Waals surface area contributed by atoms with Crippen molar-refractivity contribution >= 4 is 41.2 Å². The van der Waals surface area contributed by atoms with Crippen LogP contribution in [0.25, 0.3) is 0 Å². The predicted molar refractivity (Wildman–Crippen MR) is 150 cm³/mol. The minimum atomic E-state index is -3.15. The maximum absolute atomic E-state index is 14.5. The lowest BCUT2D eigenvalue weighted by atomic mass is 9.99. The van der Waals surface area contributed by atoms with Gasteiger partial charge in [0, 0.05) is 17.1 Å². The molecule has 2 aromatic rings. The summed E-state index contributed by atoms with van der Waals surface area (Å²) in [6, 6.07) is 5.70. The fourth-order valence-corrected chi connectivity index (χ4v) is 12.0. The number of carbonyl (C=O) groups is 1. The first-order chi connectivity index (χ1) is 16.3. The Balaban J connectivity index is 1.74. The molecule has 0 saturated carbocycles. The van der Waals surface area contributed by atoms with Gasteiger partial charge in [0.05, 0.1) is 0 Å². The molecule has 0 fully saturated rings. The van der Waals surface area contributed by atoms with Crippen molar-refractivity contribution in [3.8, 4) is 0 Å². The van der Waals surface area contributed by atoms with Crippen molar-refractivity contribution in [2.75, 3.05) is 19.4 Å². The van der Waals surface area contributed by atoms with Crippen LogP contribution in [0, 0.1) is 0 Å². The number of carbonyl (C=O) groups excluding carboxylic acids is 1. The Kier molecular flexibility index (Phi) is 7.39. The molecule has 1 aromatic carbocycles. The van der Waals surface area contributed by atoms with E-state index in [0.29, 0.717) is 4.21 Å². The van der Waals surface area contributed by atoms with Crippen LogP contribution in [0.4, 0.5) is 10.5 Å². The number of hydrogen-bond donors (Lipinski definition) is 2. The van der Waals surface area contributed by atoms with Crippen LogP contribution < -0.4 is 9.70 Å². The molecule has 1 aromatic heterocycles. The molecule has 2 aliphatic carbocycles. The van der Waals surface area contributed by atoms with Crippen molar-refractivity contribution in [3.05, 3.63) is 45.3 Å². The second-order valence-corrected chi connectivity index (χ2v) is 20.4. The van der Waals surface area contributed by atoms with E-state index in [0.717, 1.165) is 55.6 Å². The van der Waals surface area contributed by atoms with Crippen molar-refractivity contribution in [2.24, 2.45) is 4.36 Å². The first-order valence-electron chi connectivity index (χ1n) is 12.6. The normalized spacial score (nSPS) is 17.3. The molecule has 1 atom stereocenters. The summed E-state index contributed by atoms with van der Waals surface area (Å²) in [5.41, 5.74) is 6.15. The Hall–Kier alpha value is -1.52. The van der Waals surface area contributed by atoms with Gasteiger partial charge >= 0.3 is 6.03 Å². The van der Waals surface area contributed by atoms with Crippen LogP contribution in [-0.4, -0.2) is 37.5 Å². The van der Waals surface area contributed by atoms with Crippen LogP contribution in [0.1, 0.15) is 60.7 Å². The molecule has 2 N–H and O–H groups in total. The summed E-state index contributed by atoms with van der Waals surface area (Å²) < 4.78 is 23.0. The van der Waals surface area contributed by atoms with E-state index in [1.54, 1.807) is 0 Å². The maximum Gasteiger partial charge on any atom is 0.354 e. The molecule has 0 aliphatic heterocycles. The Morgan fingerprint density at radius 1 is 1.09 bits per heavy atom. The molecular weight excluding hydrogens is 493 g/mol. The monoisotopic (exact) mass is 532 g/mol. The number of amides is 2. The summed E-state index contributed by atoms with van der Waals surface area (Å²) in [4.78, 5) is 16.6. The third kappa shape index (κ3) is 5.59. The van der Waals surface area contributed by atoms with E-state index in [-0.39, 0.29) is 5.04 Å². The van der Waals surface area contributed by atoms with Gasteiger partial charge in [-0.1, -0.05) is 39.9 Å². The molecule has 192 valence electrons. The molecule has 0 radical (unpaired) electrons. The molecule has 35 heavy (non-hydrogen) atoms. The predicted octanol–water partition coefficient (Wildman–Crippen LogP) is 6.36. The van der Waals surface area contributed by atoms with Crippen LogP contribution in [-0.2, 0) is 42.1 Å². The minimum absolute atomic E-state index is 0.0630. The number of benzene rings is 1. The van der Waals surface area contributed by atoms with Gasteiger partial charge < -0.3 is 10.2 Å². The van der Waals surface area contributed by atoms with Crippen molar-refractivity contribution in [1.82, 2.24) is 9.29 Å². The van der Waals surface area contributed by atoms with E-state index in [9.17, 15) is 9.00 Å². The smallest absolute Gasteiger partial charge is 0.305 e. The first-order valence-corrected chi connectivity index (χ1v) is 17.9. The molecule has 9 heteroatoms. The highest BCUT2D eigenvalue weighted by atomic mass is 32.2. The highest BCUT2D eigenvalue weighted by molar-refractivity contribution is 7.95. The van der Waals surface area contributed by atoms with Gasteiger partial charge in [0.1, 0.15) is 22.4 Å². The van der Waals surface area contributed by atoms with Crippen LogP contribution in [0.5, 0.6) is 0 Å². The zero-order chi connectivity index (χ0) is 25.6. The molecule has 0 spiro atoms. The van der Waals surface area contributed by atoms with Crippen LogP contribution in [0.2, 0.25) is 18.1 Å². The summed E-state index contributed by atoms with van der Waals surface area (Å²) >= 11 is 1.48. The lowest BCUT2D eigenvalue weighted by Gasteiger charge is -2.37. The zero-order valence-electron chi connectivity index (χ0n) is 22.2. The lowest BCUT2D eigenvalue weighted by molar-refractivity contribution is 0.260. The average molecular weight is 533 g/mol. The molecule has 2 amide bonds. The van der Waals surface area contributed by atoms with Gasteiger partial charge in [0.25, 0.3) is 0 Å². The Labute approximate surface area is 216 Å². The van der Waals surface area contributed by atoms with E-state index in [1.807, 2.05) is 26.2 Å². The van der Waals surface area contributed by atoms with Crippen LogP contribution in [0.15, 0.2) is 26.8 Å². The van der Waals surface area contributed by atoms with Gasteiger partial charge in [-0.25, -0.2) is 13.4 Å². The average Bonchev–Trinajstić information content (AvgIpc) is 3.46. The number of thiophene rings is 1. The van der Waals surface area contributed by atoms with Crippen LogP contribution >= 0.6 is 11.3 Å². The second-order valence-electron chi connectivity index (χ2n) is 11.7. The summed E-state index contributed by atoms with van der Waals surface area (Å²) in [5.74, 6) is 0. The van der Waals surface area contributed by atoms with E-state index >= 15 is 0 Å². The Morgan fingerprint density at radius 2 is 1.69 bits per heavy atom. The molecule has 1 heterocycles. The highest BCUT2D eigenvalue weighted by Crippen LogP contribution is 2.39. The van der Waals surface area contributed by atoms with Crippen molar-refractivity contribution in [1.29, 1.82) is 0 Å². The fraction of sp³-hybridized carbons (Fsp3) is 0.577. The Morgan fingerprint density at radius 3 is 2.23 bits per heavy atom. The number of fused-ring (bicyclic) bond motifs is 2. The summed E-state index contributed by atoms with van der Waals surface area (Å²) in [6.45, 7) is 11.6. The van der Waals surface area contributed by atoms with Gasteiger partial charge in [-0.2, -0.15) is 0 Å². The highest BCUT2D eigenvalue weighted by Gasteiger charge is 2.39. The largest absolute Gasteiger partial charge is 0.354 e.